The molecule has 0 spiro atoms. The Morgan fingerprint density at radius 2 is 1.86 bits per heavy atom. The number of aryl methyl sites for hydroxylation is 1. The van der Waals surface area contributed by atoms with E-state index in [1.54, 1.807) is 4.68 Å². The van der Waals surface area contributed by atoms with Gasteiger partial charge in [0, 0.05) is 18.7 Å². The van der Waals surface area contributed by atoms with Crippen molar-refractivity contribution >= 4 is 23.1 Å². The summed E-state index contributed by atoms with van der Waals surface area (Å²) in [4.78, 5) is 5.96. The van der Waals surface area contributed by atoms with Gasteiger partial charge in [0.15, 0.2) is 11.9 Å². The minimum absolute atomic E-state index is 0.101. The highest BCUT2D eigenvalue weighted by molar-refractivity contribution is 5.77. The third-order valence-corrected chi connectivity index (χ3v) is 6.54. The Kier molecular flexibility index (Phi) is 8.02. The van der Waals surface area contributed by atoms with Crippen molar-refractivity contribution in [3.63, 3.8) is 0 Å². The smallest absolute Gasteiger partial charge is 0.188 e. The van der Waals surface area contributed by atoms with Crippen LogP contribution in [0.15, 0.2) is 65.8 Å². The average molecular weight is 498 g/mol. The first-order valence-corrected chi connectivity index (χ1v) is 12.5. The van der Waals surface area contributed by atoms with E-state index in [1.165, 1.54) is 27.8 Å². The Morgan fingerprint density at radius 3 is 2.49 bits per heavy atom. The third-order valence-electron chi connectivity index (χ3n) is 6.54. The maximum absolute atomic E-state index is 7.59. The van der Waals surface area contributed by atoms with Gasteiger partial charge in [-0.25, -0.2) is 9.67 Å². The second-order valence-corrected chi connectivity index (χ2v) is 9.18. The summed E-state index contributed by atoms with van der Waals surface area (Å²) >= 11 is 0. The molecule has 4 rings (SSSR count). The van der Waals surface area contributed by atoms with Crippen LogP contribution < -0.4 is 17.2 Å². The lowest BCUT2D eigenvalue weighted by Gasteiger charge is -2.26. The molecule has 0 bridgehead atoms. The standard InChI is InChI=1S/C28H35N9/c1-3-4-22(11-14-33-27(29)30)25-10-7-23(17-19(25)2)26-18-37(35-34-26)24-8-5-20(6-9-24)21-12-15-36(16-13-21)28(31)32/h5-12,17-18H,3-4,13-16H2,1-2H3,(H3,31,32)(H4,29,30,33)/b22-11+. The second-order valence-electron chi connectivity index (χ2n) is 9.18. The van der Waals surface area contributed by atoms with E-state index >= 15 is 0 Å². The van der Waals surface area contributed by atoms with Crippen molar-refractivity contribution in [2.75, 3.05) is 19.6 Å². The van der Waals surface area contributed by atoms with E-state index in [1.807, 2.05) is 11.1 Å². The van der Waals surface area contributed by atoms with Gasteiger partial charge >= 0.3 is 0 Å². The summed E-state index contributed by atoms with van der Waals surface area (Å²) < 4.78 is 1.80. The molecular weight excluding hydrogens is 462 g/mol. The Balaban J connectivity index is 1.50. The van der Waals surface area contributed by atoms with E-state index in [9.17, 15) is 0 Å². The fraction of sp³-hybridized carbons (Fsp3) is 0.286. The van der Waals surface area contributed by atoms with Crippen molar-refractivity contribution in [2.24, 2.45) is 22.2 Å². The summed E-state index contributed by atoms with van der Waals surface area (Å²) in [5, 5.41) is 16.4. The van der Waals surface area contributed by atoms with Gasteiger partial charge in [-0.15, -0.1) is 5.10 Å². The van der Waals surface area contributed by atoms with Crippen LogP contribution in [0.3, 0.4) is 0 Å². The number of benzene rings is 2. The van der Waals surface area contributed by atoms with Crippen molar-refractivity contribution < 1.29 is 0 Å². The number of aliphatic imine (C=N–C) groups is 1. The Labute approximate surface area is 217 Å². The molecule has 7 N–H and O–H groups in total. The van der Waals surface area contributed by atoms with Gasteiger partial charge < -0.3 is 22.1 Å². The first-order chi connectivity index (χ1) is 17.9. The highest BCUT2D eigenvalue weighted by Crippen LogP contribution is 2.28. The van der Waals surface area contributed by atoms with Gasteiger partial charge in [-0.3, -0.25) is 5.41 Å². The number of hydrogen-bond acceptors (Lipinski definition) is 4. The molecule has 1 aliphatic rings. The highest BCUT2D eigenvalue weighted by Gasteiger charge is 2.14. The molecule has 0 atom stereocenters. The molecule has 1 aliphatic heterocycles. The molecule has 9 heteroatoms. The number of nitrogens with one attached hydrogen (secondary N) is 1. The van der Waals surface area contributed by atoms with Crippen LogP contribution >= 0.6 is 0 Å². The molecule has 192 valence electrons. The number of hydrogen-bond donors (Lipinski definition) is 4. The van der Waals surface area contributed by atoms with Crippen molar-refractivity contribution in [1.82, 2.24) is 19.9 Å². The monoisotopic (exact) mass is 497 g/mol. The fourth-order valence-electron chi connectivity index (χ4n) is 4.56. The van der Waals surface area contributed by atoms with Crippen LogP contribution in [0, 0.1) is 12.3 Å². The predicted molar refractivity (Wildman–Crippen MR) is 151 cm³/mol. The molecule has 37 heavy (non-hydrogen) atoms. The summed E-state index contributed by atoms with van der Waals surface area (Å²) in [5.74, 6) is 0.224. The lowest BCUT2D eigenvalue weighted by Crippen LogP contribution is -2.39. The highest BCUT2D eigenvalue weighted by atomic mass is 15.4. The molecule has 9 nitrogen and oxygen atoms in total. The van der Waals surface area contributed by atoms with Crippen LogP contribution in [0.5, 0.6) is 0 Å². The normalized spacial score (nSPS) is 13.8. The lowest BCUT2D eigenvalue weighted by molar-refractivity contribution is 0.451. The molecule has 2 aromatic carbocycles. The van der Waals surface area contributed by atoms with E-state index in [0.29, 0.717) is 13.1 Å². The van der Waals surface area contributed by atoms with Crippen LogP contribution in [0.4, 0.5) is 0 Å². The molecule has 0 aliphatic carbocycles. The largest absolute Gasteiger partial charge is 0.370 e. The number of nitrogens with two attached hydrogens (primary N) is 3. The molecule has 0 saturated carbocycles. The van der Waals surface area contributed by atoms with Gasteiger partial charge in [-0.05, 0) is 65.8 Å². The van der Waals surface area contributed by atoms with Gasteiger partial charge in [-0.1, -0.05) is 55.0 Å². The van der Waals surface area contributed by atoms with Gasteiger partial charge in [-0.2, -0.15) is 0 Å². The Bertz CT molecular complexity index is 1340. The van der Waals surface area contributed by atoms with Crippen LogP contribution in [-0.4, -0.2) is 51.4 Å². The minimum Gasteiger partial charge on any atom is -0.370 e. The zero-order valence-corrected chi connectivity index (χ0v) is 21.5. The van der Waals surface area contributed by atoms with Crippen molar-refractivity contribution in [3.05, 3.63) is 77.5 Å². The van der Waals surface area contributed by atoms with Crippen molar-refractivity contribution in [3.8, 4) is 16.9 Å². The summed E-state index contributed by atoms with van der Waals surface area (Å²) in [6.07, 6.45) is 9.05. The van der Waals surface area contributed by atoms with E-state index < -0.39 is 0 Å². The Hall–Kier alpha value is -4.40. The molecule has 0 saturated heterocycles. The molecule has 0 fully saturated rings. The zero-order valence-electron chi connectivity index (χ0n) is 21.5. The van der Waals surface area contributed by atoms with Gasteiger partial charge in [0.05, 0.1) is 18.4 Å². The van der Waals surface area contributed by atoms with Crippen LogP contribution in [0.1, 0.15) is 42.9 Å². The number of rotatable bonds is 8. The lowest BCUT2D eigenvalue weighted by atomic mass is 9.94. The molecule has 0 amide bonds. The first kappa shape index (κ1) is 25.7. The second kappa shape index (κ2) is 11.6. The van der Waals surface area contributed by atoms with E-state index in [0.717, 1.165) is 42.8 Å². The number of guanidine groups is 2. The number of aromatic nitrogens is 3. The fourth-order valence-corrected chi connectivity index (χ4v) is 4.56. The third kappa shape index (κ3) is 6.24. The van der Waals surface area contributed by atoms with Crippen molar-refractivity contribution in [2.45, 2.75) is 33.1 Å². The van der Waals surface area contributed by atoms with Crippen molar-refractivity contribution in [1.29, 1.82) is 5.41 Å². The van der Waals surface area contributed by atoms with E-state index in [2.05, 4.69) is 83.8 Å². The number of nitrogens with zero attached hydrogens (tertiary/aromatic N) is 5. The summed E-state index contributed by atoms with van der Waals surface area (Å²) in [6.45, 7) is 6.18. The Morgan fingerprint density at radius 1 is 1.11 bits per heavy atom. The maximum Gasteiger partial charge on any atom is 0.188 e. The summed E-state index contributed by atoms with van der Waals surface area (Å²) in [5.41, 5.74) is 25.4. The molecule has 1 aromatic heterocycles. The van der Waals surface area contributed by atoms with Crippen LogP contribution in [0.25, 0.3) is 28.1 Å². The topological polar surface area (TPSA) is 148 Å². The SMILES string of the molecule is CCC/C(=C\CN=C(N)N)c1ccc(-c2cn(-c3ccc(C4=CCN(C(=N)N)CC4)cc3)nn2)cc1C. The van der Waals surface area contributed by atoms with Gasteiger partial charge in [0.25, 0.3) is 0 Å². The molecule has 0 unspecified atom stereocenters. The van der Waals surface area contributed by atoms with Crippen LogP contribution in [0.2, 0.25) is 0 Å². The maximum atomic E-state index is 7.59. The van der Waals surface area contributed by atoms with E-state index in [-0.39, 0.29) is 11.9 Å². The zero-order chi connectivity index (χ0) is 26.4. The number of allylic oxidation sites excluding steroid dienone is 1. The molecule has 2 heterocycles. The van der Waals surface area contributed by atoms with Gasteiger partial charge in [0.2, 0.25) is 0 Å². The average Bonchev–Trinajstić information content (AvgIpc) is 3.39. The minimum atomic E-state index is 0.101. The quantitative estimate of drug-likeness (QED) is 0.276. The van der Waals surface area contributed by atoms with Crippen LogP contribution in [-0.2, 0) is 0 Å². The summed E-state index contributed by atoms with van der Waals surface area (Å²) in [6, 6.07) is 14.7. The van der Waals surface area contributed by atoms with Gasteiger partial charge in [0.1, 0.15) is 5.69 Å². The predicted octanol–water partition coefficient (Wildman–Crippen LogP) is 3.68. The summed E-state index contributed by atoms with van der Waals surface area (Å²) in [7, 11) is 0. The van der Waals surface area contributed by atoms with E-state index in [4.69, 9.17) is 22.6 Å². The molecular formula is C28H35N9. The molecule has 3 aromatic rings. The molecule has 0 radical (unpaired) electrons. The first-order valence-electron chi connectivity index (χ1n) is 12.5.